The van der Waals surface area contributed by atoms with E-state index in [1.165, 1.54) is 17.4 Å². The maximum atomic E-state index is 11.4. The van der Waals surface area contributed by atoms with Crippen molar-refractivity contribution < 1.29 is 14.3 Å². The van der Waals surface area contributed by atoms with Gasteiger partial charge in [-0.05, 0) is 30.0 Å². The third-order valence-electron chi connectivity index (χ3n) is 1.81. The van der Waals surface area contributed by atoms with E-state index < -0.39 is 5.97 Å². The molecule has 0 bridgehead atoms. The van der Waals surface area contributed by atoms with Gasteiger partial charge in [-0.15, -0.1) is 11.3 Å². The molecule has 0 radical (unpaired) electrons. The first-order valence-electron chi connectivity index (χ1n) is 4.83. The lowest BCUT2D eigenvalue weighted by Gasteiger charge is -1.97. The van der Waals surface area contributed by atoms with E-state index in [1.807, 2.05) is 0 Å². The molecule has 1 aromatic rings. The molecule has 0 aromatic carbocycles. The minimum atomic E-state index is -0.406. The molecule has 0 aliphatic heterocycles. The third kappa shape index (κ3) is 3.20. The summed E-state index contributed by atoms with van der Waals surface area (Å²) in [4.78, 5) is 23.1. The van der Waals surface area contributed by atoms with E-state index >= 15 is 0 Å². The van der Waals surface area contributed by atoms with E-state index in [4.69, 9.17) is 4.74 Å². The van der Waals surface area contributed by atoms with Crippen LogP contribution in [-0.2, 0) is 9.53 Å². The molecule has 1 amide bonds. The van der Waals surface area contributed by atoms with Crippen molar-refractivity contribution in [3.63, 3.8) is 0 Å². The highest BCUT2D eigenvalue weighted by molar-refractivity contribution is 7.12. The van der Waals surface area contributed by atoms with Gasteiger partial charge >= 0.3 is 5.97 Å². The zero-order valence-corrected chi connectivity index (χ0v) is 9.97. The molecule has 0 atom stereocenters. The number of amides is 1. The molecule has 0 unspecified atom stereocenters. The normalized spacial score (nSPS) is 10.4. The Balaban J connectivity index is 2.78. The number of hydrogen-bond acceptors (Lipinski definition) is 4. The van der Waals surface area contributed by atoms with Crippen molar-refractivity contribution in [3.8, 4) is 0 Å². The predicted octanol–water partition coefficient (Wildman–Crippen LogP) is 1.68. The second-order valence-electron chi connectivity index (χ2n) is 2.87. The molecule has 0 spiro atoms. The molecule has 1 aromatic heterocycles. The van der Waals surface area contributed by atoms with Crippen molar-refractivity contribution in [3.05, 3.63) is 28.0 Å². The third-order valence-corrected chi connectivity index (χ3v) is 2.74. The smallest absolute Gasteiger partial charge is 0.330 e. The van der Waals surface area contributed by atoms with Crippen LogP contribution < -0.4 is 5.32 Å². The SMILES string of the molecule is CCOC(=O)/C=C/c1ccsc1C(=O)NC. The van der Waals surface area contributed by atoms with Crippen LogP contribution in [-0.4, -0.2) is 25.5 Å². The molecule has 4 nitrogen and oxygen atoms in total. The van der Waals surface area contributed by atoms with Gasteiger partial charge in [0.1, 0.15) is 0 Å². The molecule has 0 saturated heterocycles. The summed E-state index contributed by atoms with van der Waals surface area (Å²) in [5.74, 6) is -0.560. The van der Waals surface area contributed by atoms with Crippen LogP contribution in [0.15, 0.2) is 17.5 Å². The van der Waals surface area contributed by atoms with Gasteiger partial charge in [-0.25, -0.2) is 4.79 Å². The summed E-state index contributed by atoms with van der Waals surface area (Å²) < 4.78 is 4.74. The molecule has 0 fully saturated rings. The number of esters is 1. The number of carbonyl (C=O) groups excluding carboxylic acids is 2. The average Bonchev–Trinajstić information content (AvgIpc) is 2.74. The van der Waals surface area contributed by atoms with Crippen molar-refractivity contribution in [2.45, 2.75) is 6.92 Å². The Hall–Kier alpha value is -1.62. The van der Waals surface area contributed by atoms with Gasteiger partial charge in [0.05, 0.1) is 11.5 Å². The summed E-state index contributed by atoms with van der Waals surface area (Å²) in [7, 11) is 1.57. The van der Waals surface area contributed by atoms with Gasteiger partial charge in [-0.1, -0.05) is 0 Å². The fourth-order valence-corrected chi connectivity index (χ4v) is 1.93. The van der Waals surface area contributed by atoms with E-state index in [0.717, 1.165) is 5.56 Å². The van der Waals surface area contributed by atoms with E-state index in [2.05, 4.69) is 5.32 Å². The van der Waals surface area contributed by atoms with Crippen LogP contribution in [0.25, 0.3) is 6.08 Å². The van der Waals surface area contributed by atoms with Crippen LogP contribution in [0.3, 0.4) is 0 Å². The quantitative estimate of drug-likeness (QED) is 0.642. The number of nitrogens with one attached hydrogen (secondary N) is 1. The molecule has 0 saturated carbocycles. The molecule has 16 heavy (non-hydrogen) atoms. The number of thiophene rings is 1. The van der Waals surface area contributed by atoms with Crippen LogP contribution in [0.1, 0.15) is 22.2 Å². The number of rotatable bonds is 4. The summed E-state index contributed by atoms with van der Waals surface area (Å²) in [6, 6.07) is 1.78. The van der Waals surface area contributed by atoms with Crippen LogP contribution in [0.4, 0.5) is 0 Å². The van der Waals surface area contributed by atoms with Crippen molar-refractivity contribution in [2.24, 2.45) is 0 Å². The lowest BCUT2D eigenvalue weighted by atomic mass is 10.2. The fraction of sp³-hybridized carbons (Fsp3) is 0.273. The number of hydrogen-bond donors (Lipinski definition) is 1. The van der Waals surface area contributed by atoms with Crippen molar-refractivity contribution >= 4 is 29.3 Å². The minimum Gasteiger partial charge on any atom is -0.463 e. The highest BCUT2D eigenvalue weighted by Crippen LogP contribution is 2.18. The monoisotopic (exact) mass is 239 g/mol. The number of carbonyl (C=O) groups is 2. The van der Waals surface area contributed by atoms with Gasteiger partial charge in [-0.2, -0.15) is 0 Å². The molecule has 5 heteroatoms. The van der Waals surface area contributed by atoms with E-state index in [9.17, 15) is 9.59 Å². The van der Waals surface area contributed by atoms with Crippen LogP contribution in [0.5, 0.6) is 0 Å². The van der Waals surface area contributed by atoms with Gasteiger partial charge in [0.25, 0.3) is 5.91 Å². The Morgan fingerprint density at radius 2 is 2.31 bits per heavy atom. The topological polar surface area (TPSA) is 55.4 Å². The first-order chi connectivity index (χ1) is 7.69. The van der Waals surface area contributed by atoms with Crippen molar-refractivity contribution in [1.29, 1.82) is 0 Å². The van der Waals surface area contributed by atoms with E-state index in [0.29, 0.717) is 11.5 Å². The van der Waals surface area contributed by atoms with Crippen molar-refractivity contribution in [2.75, 3.05) is 13.7 Å². The molecular formula is C11H13NO3S. The van der Waals surface area contributed by atoms with Crippen LogP contribution in [0.2, 0.25) is 0 Å². The lowest BCUT2D eigenvalue weighted by molar-refractivity contribution is -0.137. The lowest BCUT2D eigenvalue weighted by Crippen LogP contribution is -2.17. The summed E-state index contributed by atoms with van der Waals surface area (Å²) in [5, 5.41) is 4.34. The summed E-state index contributed by atoms with van der Waals surface area (Å²) >= 11 is 1.33. The Morgan fingerprint density at radius 1 is 1.56 bits per heavy atom. The summed E-state index contributed by atoms with van der Waals surface area (Å²) in [5.41, 5.74) is 0.720. The van der Waals surface area contributed by atoms with Crippen molar-refractivity contribution in [1.82, 2.24) is 5.32 Å². The molecule has 0 aliphatic rings. The van der Waals surface area contributed by atoms with Gasteiger partial charge in [0, 0.05) is 13.1 Å². The average molecular weight is 239 g/mol. The molecule has 1 rings (SSSR count). The highest BCUT2D eigenvalue weighted by atomic mass is 32.1. The Bertz CT molecular complexity index is 409. The largest absolute Gasteiger partial charge is 0.463 e. The van der Waals surface area contributed by atoms with Gasteiger partial charge in [-0.3, -0.25) is 4.79 Å². The van der Waals surface area contributed by atoms with E-state index in [-0.39, 0.29) is 5.91 Å². The Morgan fingerprint density at radius 3 is 2.94 bits per heavy atom. The summed E-state index contributed by atoms with van der Waals surface area (Å²) in [6.45, 7) is 2.08. The molecule has 86 valence electrons. The highest BCUT2D eigenvalue weighted by Gasteiger charge is 2.09. The summed E-state index contributed by atoms with van der Waals surface area (Å²) in [6.07, 6.45) is 2.90. The number of ether oxygens (including phenoxy) is 1. The van der Waals surface area contributed by atoms with Gasteiger partial charge in [0.15, 0.2) is 0 Å². The molecule has 1 N–H and O–H groups in total. The Kier molecular flexibility index (Phi) is 4.72. The van der Waals surface area contributed by atoms with Gasteiger partial charge in [0.2, 0.25) is 0 Å². The molecular weight excluding hydrogens is 226 g/mol. The zero-order chi connectivity index (χ0) is 12.0. The maximum Gasteiger partial charge on any atom is 0.330 e. The minimum absolute atomic E-state index is 0.154. The maximum absolute atomic E-state index is 11.4. The standard InChI is InChI=1S/C11H13NO3S/c1-3-15-9(13)5-4-8-6-7-16-10(8)11(14)12-2/h4-7H,3H2,1-2H3,(H,12,14)/b5-4+. The Labute approximate surface area is 97.9 Å². The zero-order valence-electron chi connectivity index (χ0n) is 9.15. The van der Waals surface area contributed by atoms with Crippen LogP contribution in [0, 0.1) is 0 Å². The second-order valence-corrected chi connectivity index (χ2v) is 3.79. The molecule has 0 aliphatic carbocycles. The molecule has 1 heterocycles. The van der Waals surface area contributed by atoms with E-state index in [1.54, 1.807) is 31.5 Å². The van der Waals surface area contributed by atoms with Gasteiger partial charge < -0.3 is 10.1 Å². The first kappa shape index (κ1) is 12.4. The fourth-order valence-electron chi connectivity index (χ4n) is 1.10. The first-order valence-corrected chi connectivity index (χ1v) is 5.71. The van der Waals surface area contributed by atoms with Crippen LogP contribution >= 0.6 is 11.3 Å². The second kappa shape index (κ2) is 6.07. The predicted molar refractivity (Wildman–Crippen MR) is 63.4 cm³/mol.